The molecule has 2 heteroatoms. The van der Waals surface area contributed by atoms with Crippen LogP contribution in [-0.2, 0) is 0 Å². The lowest BCUT2D eigenvalue weighted by molar-refractivity contribution is 0.251. The van der Waals surface area contributed by atoms with Crippen LogP contribution in [0.5, 0.6) is 0 Å². The molecular weight excluding hydrogens is 220 g/mol. The van der Waals surface area contributed by atoms with Crippen LogP contribution in [0.4, 0.5) is 0 Å². The van der Waals surface area contributed by atoms with Gasteiger partial charge in [-0.15, -0.1) is 0 Å². The Morgan fingerprint density at radius 2 is 1.94 bits per heavy atom. The number of nitrogens with one attached hydrogen (secondary N) is 1. The first-order valence-electron chi connectivity index (χ1n) is 8.34. The average molecular weight is 252 g/mol. The number of rotatable bonds is 6. The van der Waals surface area contributed by atoms with E-state index in [1.807, 2.05) is 0 Å². The Morgan fingerprint density at radius 3 is 2.72 bits per heavy atom. The zero-order valence-corrected chi connectivity index (χ0v) is 12.3. The maximum absolute atomic E-state index is 3.70. The Kier molecular flexibility index (Phi) is 6.50. The number of hydrogen-bond acceptors (Lipinski definition) is 2. The smallest absolute Gasteiger partial charge is 0.0194 e. The van der Waals surface area contributed by atoms with Gasteiger partial charge in [-0.1, -0.05) is 39.0 Å². The summed E-state index contributed by atoms with van der Waals surface area (Å²) in [6.45, 7) is 7.48. The highest BCUT2D eigenvalue weighted by Crippen LogP contribution is 2.28. The van der Waals surface area contributed by atoms with E-state index >= 15 is 0 Å². The van der Waals surface area contributed by atoms with E-state index in [1.54, 1.807) is 0 Å². The monoisotopic (exact) mass is 252 g/mol. The third-order valence-corrected chi connectivity index (χ3v) is 4.76. The second-order valence-corrected chi connectivity index (χ2v) is 6.39. The van der Waals surface area contributed by atoms with Crippen molar-refractivity contribution >= 4 is 0 Å². The van der Waals surface area contributed by atoms with Crippen molar-refractivity contribution in [3.63, 3.8) is 0 Å². The Labute approximate surface area is 114 Å². The van der Waals surface area contributed by atoms with Gasteiger partial charge in [0.1, 0.15) is 0 Å². The topological polar surface area (TPSA) is 15.3 Å². The molecule has 0 bridgehead atoms. The lowest BCUT2D eigenvalue weighted by Crippen LogP contribution is -2.38. The van der Waals surface area contributed by atoms with E-state index in [0.717, 1.165) is 12.0 Å². The lowest BCUT2D eigenvalue weighted by atomic mass is 10.0. The zero-order chi connectivity index (χ0) is 12.6. The van der Waals surface area contributed by atoms with E-state index in [9.17, 15) is 0 Å². The van der Waals surface area contributed by atoms with Gasteiger partial charge in [0.2, 0.25) is 0 Å². The van der Waals surface area contributed by atoms with Crippen LogP contribution in [0.25, 0.3) is 0 Å². The van der Waals surface area contributed by atoms with Gasteiger partial charge < -0.3 is 10.2 Å². The summed E-state index contributed by atoms with van der Waals surface area (Å²) < 4.78 is 0. The van der Waals surface area contributed by atoms with E-state index in [1.165, 1.54) is 84.0 Å². The molecule has 2 aliphatic rings. The molecule has 2 fully saturated rings. The van der Waals surface area contributed by atoms with E-state index in [4.69, 9.17) is 0 Å². The van der Waals surface area contributed by atoms with Gasteiger partial charge in [-0.05, 0) is 51.2 Å². The van der Waals surface area contributed by atoms with Crippen LogP contribution in [0, 0.1) is 5.92 Å². The van der Waals surface area contributed by atoms with Gasteiger partial charge in [0.25, 0.3) is 0 Å². The summed E-state index contributed by atoms with van der Waals surface area (Å²) in [6.07, 6.45) is 12.9. The second kappa shape index (κ2) is 8.16. The molecule has 1 aliphatic heterocycles. The molecule has 0 aromatic carbocycles. The van der Waals surface area contributed by atoms with Crippen molar-refractivity contribution in [2.45, 2.75) is 70.8 Å². The maximum atomic E-state index is 3.70. The fourth-order valence-corrected chi connectivity index (χ4v) is 3.72. The molecule has 0 aromatic heterocycles. The summed E-state index contributed by atoms with van der Waals surface area (Å²) in [4.78, 5) is 2.72. The molecule has 2 nitrogen and oxygen atoms in total. The SMILES string of the molecule is CCCC1CN(CCCC2CCCC2)CCCN1. The third kappa shape index (κ3) is 4.89. The highest BCUT2D eigenvalue weighted by atomic mass is 15.2. The molecule has 0 aromatic rings. The Hall–Kier alpha value is -0.0800. The minimum Gasteiger partial charge on any atom is -0.313 e. The predicted octanol–water partition coefficient (Wildman–Crippen LogP) is 3.42. The minimum atomic E-state index is 0.754. The predicted molar refractivity (Wildman–Crippen MR) is 78.9 cm³/mol. The summed E-state index contributed by atoms with van der Waals surface area (Å²) in [5.74, 6) is 1.07. The van der Waals surface area contributed by atoms with E-state index in [-0.39, 0.29) is 0 Å². The van der Waals surface area contributed by atoms with Crippen LogP contribution in [0.2, 0.25) is 0 Å². The van der Waals surface area contributed by atoms with Crippen LogP contribution in [-0.4, -0.2) is 37.1 Å². The van der Waals surface area contributed by atoms with Crippen molar-refractivity contribution in [1.29, 1.82) is 0 Å². The molecule has 18 heavy (non-hydrogen) atoms. The normalized spacial score (nSPS) is 27.5. The molecule has 0 radical (unpaired) electrons. The molecular formula is C16H32N2. The van der Waals surface area contributed by atoms with Crippen molar-refractivity contribution in [1.82, 2.24) is 10.2 Å². The van der Waals surface area contributed by atoms with Crippen LogP contribution >= 0.6 is 0 Å². The fourth-order valence-electron chi connectivity index (χ4n) is 3.72. The summed E-state index contributed by atoms with van der Waals surface area (Å²) in [6, 6.07) is 0.754. The fraction of sp³-hybridized carbons (Fsp3) is 1.00. The van der Waals surface area contributed by atoms with Gasteiger partial charge in [0, 0.05) is 12.6 Å². The van der Waals surface area contributed by atoms with Gasteiger partial charge in [-0.3, -0.25) is 0 Å². The van der Waals surface area contributed by atoms with Crippen molar-refractivity contribution in [2.24, 2.45) is 5.92 Å². The van der Waals surface area contributed by atoms with Crippen molar-refractivity contribution < 1.29 is 0 Å². The summed E-state index contributed by atoms with van der Waals surface area (Å²) in [5, 5.41) is 3.70. The van der Waals surface area contributed by atoms with Crippen molar-refractivity contribution in [3.05, 3.63) is 0 Å². The molecule has 0 amide bonds. The van der Waals surface area contributed by atoms with Crippen molar-refractivity contribution in [3.8, 4) is 0 Å². The molecule has 1 heterocycles. The lowest BCUT2D eigenvalue weighted by Gasteiger charge is -2.24. The van der Waals surface area contributed by atoms with Gasteiger partial charge in [-0.25, -0.2) is 0 Å². The Balaban J connectivity index is 1.63. The number of nitrogens with zero attached hydrogens (tertiary/aromatic N) is 1. The van der Waals surface area contributed by atoms with Gasteiger partial charge >= 0.3 is 0 Å². The first-order valence-corrected chi connectivity index (χ1v) is 8.34. The van der Waals surface area contributed by atoms with Crippen LogP contribution in [0.3, 0.4) is 0 Å². The number of hydrogen-bond donors (Lipinski definition) is 1. The average Bonchev–Trinajstić information content (AvgIpc) is 2.78. The molecule has 1 atom stereocenters. The van der Waals surface area contributed by atoms with Crippen LogP contribution < -0.4 is 5.32 Å². The first kappa shape index (κ1) is 14.3. The second-order valence-electron chi connectivity index (χ2n) is 6.39. The summed E-state index contributed by atoms with van der Waals surface area (Å²) >= 11 is 0. The van der Waals surface area contributed by atoms with E-state index < -0.39 is 0 Å². The maximum Gasteiger partial charge on any atom is 0.0194 e. The Morgan fingerprint density at radius 1 is 1.11 bits per heavy atom. The van der Waals surface area contributed by atoms with Gasteiger partial charge in [0.05, 0.1) is 0 Å². The molecule has 2 rings (SSSR count). The van der Waals surface area contributed by atoms with Crippen LogP contribution in [0.15, 0.2) is 0 Å². The molecule has 0 spiro atoms. The third-order valence-electron chi connectivity index (χ3n) is 4.76. The van der Waals surface area contributed by atoms with Crippen molar-refractivity contribution in [2.75, 3.05) is 26.2 Å². The van der Waals surface area contributed by atoms with E-state index in [0.29, 0.717) is 0 Å². The standard InChI is InChI=1S/C16H32N2/c1-2-7-16-14-18(13-6-11-17-16)12-5-10-15-8-3-4-9-15/h15-17H,2-14H2,1H3. The first-order chi connectivity index (χ1) is 8.88. The van der Waals surface area contributed by atoms with Crippen LogP contribution in [0.1, 0.15) is 64.7 Å². The molecule has 1 aliphatic carbocycles. The van der Waals surface area contributed by atoms with E-state index in [2.05, 4.69) is 17.1 Å². The van der Waals surface area contributed by atoms with Gasteiger partial charge in [0.15, 0.2) is 0 Å². The highest BCUT2D eigenvalue weighted by Gasteiger charge is 2.18. The largest absolute Gasteiger partial charge is 0.313 e. The molecule has 1 saturated heterocycles. The van der Waals surface area contributed by atoms with Gasteiger partial charge in [-0.2, -0.15) is 0 Å². The quantitative estimate of drug-likeness (QED) is 0.779. The molecule has 1 unspecified atom stereocenters. The summed E-state index contributed by atoms with van der Waals surface area (Å²) in [7, 11) is 0. The molecule has 106 valence electrons. The molecule has 1 N–H and O–H groups in total. The minimum absolute atomic E-state index is 0.754. The zero-order valence-electron chi connectivity index (χ0n) is 12.3. The summed E-state index contributed by atoms with van der Waals surface area (Å²) in [5.41, 5.74) is 0. The molecule has 1 saturated carbocycles. The highest BCUT2D eigenvalue weighted by molar-refractivity contribution is 4.76. The Bertz CT molecular complexity index is 211.